The second-order valence-electron chi connectivity index (χ2n) is 8.06. The van der Waals surface area contributed by atoms with Crippen LogP contribution in [0, 0.1) is 0 Å². The molecule has 3 heterocycles. The number of fused-ring (bicyclic) bond motifs is 1. The van der Waals surface area contributed by atoms with Crippen LogP contribution in [0.4, 0.5) is 5.69 Å². The number of methoxy groups -OCH3 is 1. The van der Waals surface area contributed by atoms with Crippen molar-refractivity contribution in [2.75, 3.05) is 25.2 Å². The van der Waals surface area contributed by atoms with E-state index >= 15 is 0 Å². The van der Waals surface area contributed by atoms with Gasteiger partial charge in [0, 0.05) is 23.7 Å². The van der Waals surface area contributed by atoms with Crippen LogP contribution >= 0.6 is 11.3 Å². The SMILES string of the molecule is COc1ccc(OCCCN2C(=O)C(C)Oc3ccc(-c4csc(-c5ccccn5)n4)cc32)cc1. The molecule has 0 aliphatic carbocycles. The van der Waals surface area contributed by atoms with Gasteiger partial charge in [-0.2, -0.15) is 0 Å². The summed E-state index contributed by atoms with van der Waals surface area (Å²) in [7, 11) is 1.63. The smallest absolute Gasteiger partial charge is 0.267 e. The largest absolute Gasteiger partial charge is 0.497 e. The van der Waals surface area contributed by atoms with Crippen molar-refractivity contribution in [2.45, 2.75) is 19.4 Å². The van der Waals surface area contributed by atoms with Gasteiger partial charge in [-0.3, -0.25) is 9.78 Å². The molecule has 0 radical (unpaired) electrons. The Labute approximate surface area is 207 Å². The number of ether oxygens (including phenoxy) is 3. The Morgan fingerprint density at radius 2 is 1.89 bits per heavy atom. The molecule has 1 aliphatic heterocycles. The summed E-state index contributed by atoms with van der Waals surface area (Å²) < 4.78 is 16.9. The Bertz CT molecular complexity index is 1310. The molecule has 5 rings (SSSR count). The molecule has 0 saturated carbocycles. The molecular weight excluding hydrogens is 462 g/mol. The van der Waals surface area contributed by atoms with Gasteiger partial charge in [0.2, 0.25) is 0 Å². The van der Waals surface area contributed by atoms with Gasteiger partial charge in [-0.25, -0.2) is 4.98 Å². The van der Waals surface area contributed by atoms with Crippen molar-refractivity contribution in [2.24, 2.45) is 0 Å². The fourth-order valence-electron chi connectivity index (χ4n) is 3.89. The lowest BCUT2D eigenvalue weighted by Gasteiger charge is -2.33. The minimum Gasteiger partial charge on any atom is -0.497 e. The predicted octanol–water partition coefficient (Wildman–Crippen LogP) is 5.46. The van der Waals surface area contributed by atoms with E-state index in [1.54, 1.807) is 36.5 Å². The molecule has 0 saturated heterocycles. The lowest BCUT2D eigenvalue weighted by molar-refractivity contribution is -0.125. The molecule has 2 aromatic heterocycles. The van der Waals surface area contributed by atoms with Gasteiger partial charge >= 0.3 is 0 Å². The van der Waals surface area contributed by atoms with Crippen molar-refractivity contribution in [3.63, 3.8) is 0 Å². The highest BCUT2D eigenvalue weighted by Gasteiger charge is 2.31. The molecule has 1 atom stereocenters. The highest BCUT2D eigenvalue weighted by Crippen LogP contribution is 2.38. The van der Waals surface area contributed by atoms with E-state index in [0.29, 0.717) is 25.3 Å². The number of anilines is 1. The zero-order valence-electron chi connectivity index (χ0n) is 19.5. The Morgan fingerprint density at radius 1 is 1.06 bits per heavy atom. The van der Waals surface area contributed by atoms with Crippen molar-refractivity contribution < 1.29 is 19.0 Å². The quantitative estimate of drug-likeness (QED) is 0.307. The standard InChI is InChI=1S/C27H25N3O4S/c1-18-27(31)30(14-5-15-33-21-10-8-20(32-2)9-11-21)24-16-19(7-12-25(24)34-18)23-17-35-26(29-23)22-6-3-4-13-28-22/h3-4,6-13,16-18H,5,14-15H2,1-2H3. The summed E-state index contributed by atoms with van der Waals surface area (Å²) in [5.41, 5.74) is 3.36. The molecule has 0 bridgehead atoms. The lowest BCUT2D eigenvalue weighted by atomic mass is 10.1. The van der Waals surface area contributed by atoms with Crippen LogP contribution in [0.5, 0.6) is 17.2 Å². The number of hydrogen-bond acceptors (Lipinski definition) is 7. The number of amides is 1. The third-order valence-electron chi connectivity index (χ3n) is 5.71. The van der Waals surface area contributed by atoms with Crippen LogP contribution in [0.2, 0.25) is 0 Å². The first kappa shape index (κ1) is 22.9. The van der Waals surface area contributed by atoms with Gasteiger partial charge in [-0.05, 0) is 67.9 Å². The summed E-state index contributed by atoms with van der Waals surface area (Å²) in [5.74, 6) is 2.18. The summed E-state index contributed by atoms with van der Waals surface area (Å²) in [6.45, 7) is 2.79. The van der Waals surface area contributed by atoms with E-state index in [-0.39, 0.29) is 5.91 Å². The molecule has 2 aromatic carbocycles. The van der Waals surface area contributed by atoms with Gasteiger partial charge in [-0.15, -0.1) is 11.3 Å². The molecule has 8 heteroatoms. The molecule has 35 heavy (non-hydrogen) atoms. The van der Waals surface area contributed by atoms with Crippen LogP contribution in [-0.4, -0.2) is 42.2 Å². The number of carbonyl (C=O) groups is 1. The average molecular weight is 488 g/mol. The van der Waals surface area contributed by atoms with E-state index in [1.807, 2.05) is 66.0 Å². The highest BCUT2D eigenvalue weighted by molar-refractivity contribution is 7.13. The summed E-state index contributed by atoms with van der Waals surface area (Å²) in [5, 5.41) is 2.86. The second kappa shape index (κ2) is 10.1. The fraction of sp³-hybridized carbons (Fsp3) is 0.222. The number of carbonyl (C=O) groups excluding carboxylic acids is 1. The van der Waals surface area contributed by atoms with Gasteiger partial charge in [0.1, 0.15) is 22.3 Å². The maximum absolute atomic E-state index is 13.0. The number of aromatic nitrogens is 2. The second-order valence-corrected chi connectivity index (χ2v) is 8.92. The minimum atomic E-state index is -0.536. The van der Waals surface area contributed by atoms with Gasteiger partial charge in [0.25, 0.3) is 5.91 Å². The Hall–Kier alpha value is -3.91. The molecule has 0 spiro atoms. The van der Waals surface area contributed by atoms with Crippen LogP contribution in [0.15, 0.2) is 72.2 Å². The summed E-state index contributed by atoms with van der Waals surface area (Å²) in [6.07, 6.45) is 1.90. The Morgan fingerprint density at radius 3 is 2.66 bits per heavy atom. The Balaban J connectivity index is 1.31. The fourth-order valence-corrected chi connectivity index (χ4v) is 4.70. The maximum Gasteiger partial charge on any atom is 0.267 e. The van der Waals surface area contributed by atoms with Gasteiger partial charge in [0.05, 0.1) is 30.8 Å². The van der Waals surface area contributed by atoms with Gasteiger partial charge < -0.3 is 19.1 Å². The zero-order valence-corrected chi connectivity index (χ0v) is 20.3. The summed E-state index contributed by atoms with van der Waals surface area (Å²) in [6, 6.07) is 19.1. The molecular formula is C27H25N3O4S. The molecule has 4 aromatic rings. The Kier molecular flexibility index (Phi) is 6.63. The van der Waals surface area contributed by atoms with Crippen molar-refractivity contribution in [1.82, 2.24) is 9.97 Å². The molecule has 1 aliphatic rings. The van der Waals surface area contributed by atoms with E-state index in [0.717, 1.165) is 39.1 Å². The first-order valence-electron chi connectivity index (χ1n) is 11.4. The molecule has 1 unspecified atom stereocenters. The minimum absolute atomic E-state index is 0.0634. The monoisotopic (exact) mass is 487 g/mol. The van der Waals surface area contributed by atoms with E-state index in [2.05, 4.69) is 4.98 Å². The number of thiazole rings is 1. The van der Waals surface area contributed by atoms with Gasteiger partial charge in [0.15, 0.2) is 6.10 Å². The van der Waals surface area contributed by atoms with Crippen molar-refractivity contribution >= 4 is 22.9 Å². The van der Waals surface area contributed by atoms with E-state index < -0.39 is 6.10 Å². The molecule has 0 N–H and O–H groups in total. The van der Waals surface area contributed by atoms with Crippen LogP contribution in [0.3, 0.4) is 0 Å². The summed E-state index contributed by atoms with van der Waals surface area (Å²) in [4.78, 5) is 23.9. The molecule has 1 amide bonds. The number of rotatable bonds is 8. The highest BCUT2D eigenvalue weighted by atomic mass is 32.1. The van der Waals surface area contributed by atoms with Crippen LogP contribution in [-0.2, 0) is 4.79 Å². The molecule has 7 nitrogen and oxygen atoms in total. The van der Waals surface area contributed by atoms with Crippen molar-refractivity contribution in [3.8, 4) is 39.2 Å². The van der Waals surface area contributed by atoms with Crippen molar-refractivity contribution in [1.29, 1.82) is 0 Å². The number of nitrogens with zero attached hydrogens (tertiary/aromatic N) is 3. The van der Waals surface area contributed by atoms with E-state index in [1.165, 1.54) is 0 Å². The average Bonchev–Trinajstić information content (AvgIpc) is 3.40. The molecule has 178 valence electrons. The van der Waals surface area contributed by atoms with Crippen molar-refractivity contribution in [3.05, 3.63) is 72.2 Å². The number of pyridine rings is 1. The number of hydrogen-bond donors (Lipinski definition) is 0. The molecule has 0 fully saturated rings. The van der Waals surface area contributed by atoms with Crippen LogP contribution < -0.4 is 19.1 Å². The first-order valence-corrected chi connectivity index (χ1v) is 12.3. The normalized spacial score (nSPS) is 14.9. The third-order valence-corrected chi connectivity index (χ3v) is 6.57. The van der Waals surface area contributed by atoms with Crippen LogP contribution in [0.25, 0.3) is 22.0 Å². The summed E-state index contributed by atoms with van der Waals surface area (Å²) >= 11 is 1.54. The van der Waals surface area contributed by atoms with E-state index in [9.17, 15) is 4.79 Å². The topological polar surface area (TPSA) is 73.8 Å². The maximum atomic E-state index is 13.0. The van der Waals surface area contributed by atoms with Crippen LogP contribution in [0.1, 0.15) is 13.3 Å². The number of benzene rings is 2. The third kappa shape index (κ3) is 4.97. The van der Waals surface area contributed by atoms with Gasteiger partial charge in [-0.1, -0.05) is 6.07 Å². The first-order chi connectivity index (χ1) is 17.1. The predicted molar refractivity (Wildman–Crippen MR) is 136 cm³/mol. The lowest BCUT2D eigenvalue weighted by Crippen LogP contribution is -2.45. The zero-order chi connectivity index (χ0) is 24.2. The van der Waals surface area contributed by atoms with E-state index in [4.69, 9.17) is 19.2 Å².